The van der Waals surface area contributed by atoms with E-state index in [-0.39, 0.29) is 42.2 Å². The highest BCUT2D eigenvalue weighted by Crippen LogP contribution is 2.21. The van der Waals surface area contributed by atoms with E-state index in [0.717, 1.165) is 6.07 Å². The largest absolute Gasteiger partial charge is 0.484 e. The standard InChI is InChI=1S/C15H17ClFN3O4/c1-18-13(21)7-12-15(23)19-4-5-20(12)14(22)8-24-9-2-3-11(17)10(16)6-9/h2-3,6,12H,4-5,7-8H2,1H3,(H,18,21)(H,19,23)/t12-/m1/s1. The third-order valence-electron chi connectivity index (χ3n) is 3.56. The monoisotopic (exact) mass is 357 g/mol. The molecule has 0 bridgehead atoms. The summed E-state index contributed by atoms with van der Waals surface area (Å²) in [4.78, 5) is 37.1. The molecule has 130 valence electrons. The van der Waals surface area contributed by atoms with Crippen molar-refractivity contribution in [2.75, 3.05) is 26.7 Å². The third kappa shape index (κ3) is 4.35. The summed E-state index contributed by atoms with van der Waals surface area (Å²) in [7, 11) is 1.45. The van der Waals surface area contributed by atoms with Crippen molar-refractivity contribution in [1.82, 2.24) is 15.5 Å². The fraction of sp³-hybridized carbons (Fsp3) is 0.400. The van der Waals surface area contributed by atoms with Gasteiger partial charge in [-0.3, -0.25) is 14.4 Å². The fourth-order valence-corrected chi connectivity index (χ4v) is 2.46. The SMILES string of the molecule is CNC(=O)C[C@@H]1C(=O)NCCN1C(=O)COc1ccc(F)c(Cl)c1. The molecule has 2 N–H and O–H groups in total. The van der Waals surface area contributed by atoms with Gasteiger partial charge in [0.1, 0.15) is 17.6 Å². The Kier molecular flexibility index (Phi) is 5.97. The molecule has 1 saturated heterocycles. The molecule has 1 aliphatic rings. The summed E-state index contributed by atoms with van der Waals surface area (Å²) in [6.45, 7) is 0.233. The number of ether oxygens (including phenoxy) is 1. The zero-order valence-corrected chi connectivity index (χ0v) is 13.7. The molecule has 1 aromatic rings. The number of piperazine rings is 1. The van der Waals surface area contributed by atoms with Gasteiger partial charge in [-0.1, -0.05) is 11.6 Å². The summed E-state index contributed by atoms with van der Waals surface area (Å²) >= 11 is 5.65. The molecule has 1 aliphatic heterocycles. The molecule has 1 aromatic carbocycles. The summed E-state index contributed by atoms with van der Waals surface area (Å²) in [6.07, 6.45) is -0.129. The first kappa shape index (κ1) is 18.0. The number of benzene rings is 1. The maximum Gasteiger partial charge on any atom is 0.261 e. The molecule has 2 rings (SSSR count). The van der Waals surface area contributed by atoms with Gasteiger partial charge in [-0.15, -0.1) is 0 Å². The minimum absolute atomic E-state index is 0.116. The Bertz CT molecular complexity index is 656. The highest BCUT2D eigenvalue weighted by atomic mass is 35.5. The van der Waals surface area contributed by atoms with Crippen molar-refractivity contribution in [1.29, 1.82) is 0 Å². The van der Waals surface area contributed by atoms with Gasteiger partial charge >= 0.3 is 0 Å². The Morgan fingerprint density at radius 3 is 2.92 bits per heavy atom. The van der Waals surface area contributed by atoms with Gasteiger partial charge in [0.25, 0.3) is 5.91 Å². The van der Waals surface area contributed by atoms with Crippen LogP contribution in [-0.2, 0) is 14.4 Å². The normalized spacial score (nSPS) is 17.2. The number of halogens is 2. The molecule has 0 unspecified atom stereocenters. The number of carbonyl (C=O) groups is 3. The summed E-state index contributed by atoms with van der Waals surface area (Å²) in [5.41, 5.74) is 0. The van der Waals surface area contributed by atoms with E-state index in [4.69, 9.17) is 16.3 Å². The maximum atomic E-state index is 13.1. The smallest absolute Gasteiger partial charge is 0.261 e. The second-order valence-corrected chi connectivity index (χ2v) is 5.54. The Morgan fingerprint density at radius 2 is 2.25 bits per heavy atom. The van der Waals surface area contributed by atoms with E-state index in [1.807, 2.05) is 0 Å². The predicted molar refractivity (Wildman–Crippen MR) is 84.1 cm³/mol. The van der Waals surface area contributed by atoms with Crippen LogP contribution in [0.1, 0.15) is 6.42 Å². The van der Waals surface area contributed by atoms with Crippen molar-refractivity contribution in [3.63, 3.8) is 0 Å². The highest BCUT2D eigenvalue weighted by Gasteiger charge is 2.34. The fourth-order valence-electron chi connectivity index (χ4n) is 2.29. The number of carbonyl (C=O) groups excluding carboxylic acids is 3. The van der Waals surface area contributed by atoms with E-state index in [0.29, 0.717) is 6.54 Å². The van der Waals surface area contributed by atoms with E-state index in [9.17, 15) is 18.8 Å². The van der Waals surface area contributed by atoms with Crippen molar-refractivity contribution < 1.29 is 23.5 Å². The van der Waals surface area contributed by atoms with Crippen LogP contribution >= 0.6 is 11.6 Å². The Hall–Kier alpha value is -2.35. The molecule has 0 saturated carbocycles. The van der Waals surface area contributed by atoms with E-state index in [1.165, 1.54) is 24.1 Å². The lowest BCUT2D eigenvalue weighted by molar-refractivity contribution is -0.146. The Balaban J connectivity index is 2.01. The number of amides is 3. The zero-order chi connectivity index (χ0) is 17.7. The second kappa shape index (κ2) is 7.96. The van der Waals surface area contributed by atoms with Crippen molar-refractivity contribution in [2.24, 2.45) is 0 Å². The number of nitrogens with zero attached hydrogens (tertiary/aromatic N) is 1. The minimum Gasteiger partial charge on any atom is -0.484 e. The lowest BCUT2D eigenvalue weighted by Crippen LogP contribution is -2.59. The molecule has 0 aromatic heterocycles. The number of hydrogen-bond acceptors (Lipinski definition) is 4. The van der Waals surface area contributed by atoms with Gasteiger partial charge in [-0.05, 0) is 12.1 Å². The lowest BCUT2D eigenvalue weighted by atomic mass is 10.1. The van der Waals surface area contributed by atoms with Gasteiger partial charge in [0.05, 0.1) is 11.4 Å². The van der Waals surface area contributed by atoms with E-state index >= 15 is 0 Å². The van der Waals surface area contributed by atoms with E-state index in [2.05, 4.69) is 10.6 Å². The molecule has 7 nitrogen and oxygen atoms in total. The molecular formula is C15H17ClFN3O4. The maximum absolute atomic E-state index is 13.1. The van der Waals surface area contributed by atoms with Crippen LogP contribution in [-0.4, -0.2) is 55.4 Å². The van der Waals surface area contributed by atoms with Crippen molar-refractivity contribution in [3.05, 3.63) is 29.0 Å². The van der Waals surface area contributed by atoms with Crippen LogP contribution in [0.2, 0.25) is 5.02 Å². The average Bonchev–Trinajstić information content (AvgIpc) is 2.57. The molecule has 0 spiro atoms. The molecule has 0 radical (unpaired) electrons. The molecule has 1 atom stereocenters. The topological polar surface area (TPSA) is 87.7 Å². The zero-order valence-electron chi connectivity index (χ0n) is 13.0. The van der Waals surface area contributed by atoms with Crippen molar-refractivity contribution in [2.45, 2.75) is 12.5 Å². The molecule has 24 heavy (non-hydrogen) atoms. The first-order valence-electron chi connectivity index (χ1n) is 7.28. The summed E-state index contributed by atoms with van der Waals surface area (Å²) in [6, 6.07) is 2.85. The van der Waals surface area contributed by atoms with Gasteiger partial charge in [-0.2, -0.15) is 0 Å². The first-order chi connectivity index (χ1) is 11.4. The molecule has 9 heteroatoms. The average molecular weight is 358 g/mol. The molecule has 1 heterocycles. The quantitative estimate of drug-likeness (QED) is 0.794. The molecule has 3 amide bonds. The van der Waals surface area contributed by atoms with Crippen LogP contribution in [0.3, 0.4) is 0 Å². The van der Waals surface area contributed by atoms with E-state index in [1.54, 1.807) is 0 Å². The van der Waals surface area contributed by atoms with Crippen molar-refractivity contribution >= 4 is 29.3 Å². The van der Waals surface area contributed by atoms with Crippen LogP contribution in [0, 0.1) is 5.82 Å². The Labute approximate surface area is 143 Å². The van der Waals surface area contributed by atoms with Crippen LogP contribution in [0.4, 0.5) is 4.39 Å². The number of hydrogen-bond donors (Lipinski definition) is 2. The number of rotatable bonds is 5. The van der Waals surface area contributed by atoms with Gasteiger partial charge < -0.3 is 20.3 Å². The van der Waals surface area contributed by atoms with Crippen LogP contribution in [0.5, 0.6) is 5.75 Å². The van der Waals surface area contributed by atoms with Crippen LogP contribution in [0.25, 0.3) is 0 Å². The first-order valence-corrected chi connectivity index (χ1v) is 7.65. The second-order valence-electron chi connectivity index (χ2n) is 5.14. The van der Waals surface area contributed by atoms with Crippen molar-refractivity contribution in [3.8, 4) is 5.75 Å². The highest BCUT2D eigenvalue weighted by molar-refractivity contribution is 6.30. The lowest BCUT2D eigenvalue weighted by Gasteiger charge is -2.34. The summed E-state index contributed by atoms with van der Waals surface area (Å²) < 4.78 is 18.4. The third-order valence-corrected chi connectivity index (χ3v) is 3.85. The minimum atomic E-state index is -0.883. The molecular weight excluding hydrogens is 341 g/mol. The molecule has 1 fully saturated rings. The van der Waals surface area contributed by atoms with Gasteiger partial charge in [-0.25, -0.2) is 4.39 Å². The van der Waals surface area contributed by atoms with E-state index < -0.39 is 17.8 Å². The van der Waals surface area contributed by atoms with Gasteiger partial charge in [0.2, 0.25) is 11.8 Å². The summed E-state index contributed by atoms with van der Waals surface area (Å²) in [5, 5.41) is 4.93. The molecule has 0 aliphatic carbocycles. The Morgan fingerprint density at radius 1 is 1.50 bits per heavy atom. The summed E-state index contributed by atoms with van der Waals surface area (Å²) in [5.74, 6) is -1.53. The van der Waals surface area contributed by atoms with Crippen LogP contribution in [0.15, 0.2) is 18.2 Å². The van der Waals surface area contributed by atoms with Gasteiger partial charge in [0.15, 0.2) is 6.61 Å². The predicted octanol–water partition coefficient (Wildman–Crippen LogP) is 0.321. The van der Waals surface area contributed by atoms with Gasteiger partial charge in [0, 0.05) is 26.2 Å². The number of nitrogens with one attached hydrogen (secondary N) is 2. The van der Waals surface area contributed by atoms with Crippen LogP contribution < -0.4 is 15.4 Å².